The van der Waals surface area contributed by atoms with Crippen LogP contribution in [0.15, 0.2) is 55.0 Å². The third-order valence-corrected chi connectivity index (χ3v) is 7.54. The average Bonchev–Trinajstić information content (AvgIpc) is 3.63. The summed E-state index contributed by atoms with van der Waals surface area (Å²) < 4.78 is 4.91. The van der Waals surface area contributed by atoms with E-state index in [2.05, 4.69) is 44.5 Å². The molecular weight excluding hydrogens is 502 g/mol. The van der Waals surface area contributed by atoms with Crippen molar-refractivity contribution >= 4 is 40.3 Å². The molecule has 2 heterocycles. The molecule has 0 spiro atoms. The predicted molar refractivity (Wildman–Crippen MR) is 149 cm³/mol. The smallest absolute Gasteiger partial charge is 0.328 e. The molecule has 10 heteroatoms. The van der Waals surface area contributed by atoms with Gasteiger partial charge in [0.25, 0.3) is 5.91 Å². The van der Waals surface area contributed by atoms with Crippen LogP contribution in [0.1, 0.15) is 35.3 Å². The Morgan fingerprint density at radius 1 is 1.24 bits per heavy atom. The van der Waals surface area contributed by atoms with Gasteiger partial charge in [-0.15, -0.1) is 0 Å². The Bertz CT molecular complexity index is 1230. The van der Waals surface area contributed by atoms with Crippen LogP contribution < -0.4 is 5.32 Å². The molecule has 1 aliphatic heterocycles. The number of nitrogens with one attached hydrogen (secondary N) is 2. The first-order chi connectivity index (χ1) is 18.5. The number of benzene rings is 2. The van der Waals surface area contributed by atoms with Crippen molar-refractivity contribution < 1.29 is 19.1 Å². The van der Waals surface area contributed by atoms with E-state index in [0.29, 0.717) is 31.7 Å². The number of esters is 1. The highest BCUT2D eigenvalue weighted by Crippen LogP contribution is 2.24. The van der Waals surface area contributed by atoms with Crippen molar-refractivity contribution in [3.8, 4) is 0 Å². The first-order valence-electron chi connectivity index (χ1n) is 12.8. The van der Waals surface area contributed by atoms with Crippen molar-refractivity contribution in [1.82, 2.24) is 25.1 Å². The monoisotopic (exact) mass is 537 g/mol. The van der Waals surface area contributed by atoms with E-state index in [0.717, 1.165) is 34.9 Å². The van der Waals surface area contributed by atoms with Crippen LogP contribution in [0, 0.1) is 0 Å². The Kier molecular flexibility index (Phi) is 9.78. The zero-order chi connectivity index (χ0) is 26.9. The summed E-state index contributed by atoms with van der Waals surface area (Å²) in [7, 11) is 1.33. The number of amides is 2. The average molecular weight is 538 g/mol. The Hall–Kier alpha value is -3.37. The maximum absolute atomic E-state index is 13.2. The Morgan fingerprint density at radius 3 is 2.82 bits per heavy atom. The summed E-state index contributed by atoms with van der Waals surface area (Å²) in [5.41, 5.74) is 1.50. The molecule has 38 heavy (non-hydrogen) atoms. The van der Waals surface area contributed by atoms with Gasteiger partial charge < -0.3 is 19.9 Å². The molecule has 1 saturated heterocycles. The molecule has 1 aromatic heterocycles. The fourth-order valence-electron chi connectivity index (χ4n) is 5.04. The maximum Gasteiger partial charge on any atom is 0.328 e. The van der Waals surface area contributed by atoms with Gasteiger partial charge in [0.1, 0.15) is 11.7 Å². The number of H-pyrrole nitrogens is 1. The molecular formula is C28H35N5O4S. The van der Waals surface area contributed by atoms with Gasteiger partial charge >= 0.3 is 5.97 Å². The summed E-state index contributed by atoms with van der Waals surface area (Å²) in [6, 6.07) is 13.6. The molecule has 3 aromatic rings. The topological polar surface area (TPSA) is 108 Å². The van der Waals surface area contributed by atoms with E-state index in [9.17, 15) is 14.4 Å². The number of aromatic nitrogens is 2. The number of imidazole rings is 1. The number of methoxy groups -OCH3 is 1. The number of carbonyl (C=O) groups excluding carboxylic acids is 3. The summed E-state index contributed by atoms with van der Waals surface area (Å²) in [5.74, 6) is -0.0674. The van der Waals surface area contributed by atoms with Crippen LogP contribution in [-0.4, -0.2) is 88.4 Å². The third kappa shape index (κ3) is 6.93. The molecule has 2 atom stereocenters. The standard InChI is InChI=1S/C28H35N5O4S/c1-37-28(36)24(12-14-38-2)31-26(34)18-32(16-21-9-5-8-20-7-3-4-11-23(20)21)17-22-10-6-13-33(22)27(35)25-15-29-19-30-25/h3-5,7-9,11,15,19,22,24H,6,10,12-14,16-18H2,1-2H3,(H,29,30)(H,31,34)/t22-,24-/m0/s1. The Labute approximate surface area is 227 Å². The van der Waals surface area contributed by atoms with Crippen molar-refractivity contribution in [3.63, 3.8) is 0 Å². The molecule has 2 N–H and O–H groups in total. The van der Waals surface area contributed by atoms with Gasteiger partial charge in [0.05, 0.1) is 20.0 Å². The molecule has 0 radical (unpaired) electrons. The number of aromatic amines is 1. The van der Waals surface area contributed by atoms with E-state index < -0.39 is 12.0 Å². The molecule has 0 bridgehead atoms. The minimum atomic E-state index is -0.691. The van der Waals surface area contributed by atoms with Crippen LogP contribution in [0.25, 0.3) is 10.8 Å². The molecule has 9 nitrogen and oxygen atoms in total. The van der Waals surface area contributed by atoms with Crippen LogP contribution in [0.4, 0.5) is 0 Å². The van der Waals surface area contributed by atoms with Crippen molar-refractivity contribution in [3.05, 3.63) is 66.2 Å². The van der Waals surface area contributed by atoms with Gasteiger partial charge in [-0.2, -0.15) is 11.8 Å². The van der Waals surface area contributed by atoms with E-state index >= 15 is 0 Å². The van der Waals surface area contributed by atoms with E-state index in [1.54, 1.807) is 18.0 Å². The van der Waals surface area contributed by atoms with E-state index in [1.807, 2.05) is 29.4 Å². The van der Waals surface area contributed by atoms with Crippen molar-refractivity contribution in [2.24, 2.45) is 0 Å². The number of nitrogens with zero attached hydrogens (tertiary/aromatic N) is 3. The number of hydrogen-bond acceptors (Lipinski definition) is 7. The molecule has 1 aliphatic rings. The van der Waals surface area contributed by atoms with Crippen molar-refractivity contribution in [1.29, 1.82) is 0 Å². The largest absolute Gasteiger partial charge is 0.467 e. The Morgan fingerprint density at radius 2 is 2.05 bits per heavy atom. The number of thioether (sulfide) groups is 1. The highest BCUT2D eigenvalue weighted by molar-refractivity contribution is 7.98. The molecule has 2 aromatic carbocycles. The SMILES string of the molecule is COC(=O)[C@H](CCSC)NC(=O)CN(Cc1cccc2ccccc12)C[C@@H]1CCCN1C(=O)c1c[nH]cn1. The lowest BCUT2D eigenvalue weighted by Crippen LogP contribution is -2.49. The molecule has 2 amide bonds. The zero-order valence-corrected chi connectivity index (χ0v) is 22.7. The predicted octanol–water partition coefficient (Wildman–Crippen LogP) is 3.08. The normalized spacial score (nSPS) is 16.1. The van der Waals surface area contributed by atoms with E-state index in [1.165, 1.54) is 13.4 Å². The minimum absolute atomic E-state index is 0.0464. The van der Waals surface area contributed by atoms with Crippen LogP contribution in [0.5, 0.6) is 0 Å². The number of likely N-dealkylation sites (tertiary alicyclic amines) is 1. The summed E-state index contributed by atoms with van der Waals surface area (Å²) in [6.07, 6.45) is 7.32. The van der Waals surface area contributed by atoms with Gasteiger partial charge in [0.2, 0.25) is 5.91 Å². The van der Waals surface area contributed by atoms with Crippen LogP contribution in [0.2, 0.25) is 0 Å². The number of ether oxygens (including phenoxy) is 1. The van der Waals surface area contributed by atoms with Crippen LogP contribution in [-0.2, 0) is 20.9 Å². The molecule has 0 saturated carbocycles. The van der Waals surface area contributed by atoms with E-state index in [4.69, 9.17) is 4.74 Å². The minimum Gasteiger partial charge on any atom is -0.467 e. The van der Waals surface area contributed by atoms with Crippen LogP contribution >= 0.6 is 11.8 Å². The maximum atomic E-state index is 13.2. The summed E-state index contributed by atoms with van der Waals surface area (Å²) in [6.45, 7) is 1.81. The second kappa shape index (κ2) is 13.4. The van der Waals surface area contributed by atoms with Gasteiger partial charge in [-0.1, -0.05) is 42.5 Å². The van der Waals surface area contributed by atoms with Crippen molar-refractivity contribution in [2.45, 2.75) is 37.9 Å². The summed E-state index contributed by atoms with van der Waals surface area (Å²) in [5, 5.41) is 5.14. The summed E-state index contributed by atoms with van der Waals surface area (Å²) in [4.78, 5) is 49.5. The molecule has 1 fully saturated rings. The van der Waals surface area contributed by atoms with Gasteiger partial charge in [0, 0.05) is 31.9 Å². The fourth-order valence-corrected chi connectivity index (χ4v) is 5.51. The van der Waals surface area contributed by atoms with Crippen LogP contribution in [0.3, 0.4) is 0 Å². The van der Waals surface area contributed by atoms with Gasteiger partial charge in [-0.25, -0.2) is 9.78 Å². The zero-order valence-electron chi connectivity index (χ0n) is 21.9. The highest BCUT2D eigenvalue weighted by atomic mass is 32.2. The number of hydrogen-bond donors (Lipinski definition) is 2. The van der Waals surface area contributed by atoms with Gasteiger partial charge in [-0.3, -0.25) is 14.5 Å². The third-order valence-electron chi connectivity index (χ3n) is 6.90. The van der Waals surface area contributed by atoms with E-state index in [-0.39, 0.29) is 24.4 Å². The van der Waals surface area contributed by atoms with Gasteiger partial charge in [-0.05, 0) is 47.6 Å². The molecule has 0 aliphatic carbocycles. The lowest BCUT2D eigenvalue weighted by Gasteiger charge is -2.31. The second-order valence-corrected chi connectivity index (χ2v) is 10.5. The number of carbonyl (C=O) groups is 3. The highest BCUT2D eigenvalue weighted by Gasteiger charge is 2.32. The molecule has 4 rings (SSSR count). The quantitative estimate of drug-likeness (QED) is 0.342. The first kappa shape index (κ1) is 27.7. The fraction of sp³-hybridized carbons (Fsp3) is 0.429. The molecule has 0 unspecified atom stereocenters. The number of rotatable bonds is 12. The van der Waals surface area contributed by atoms with Gasteiger partial charge in [0.15, 0.2) is 0 Å². The summed E-state index contributed by atoms with van der Waals surface area (Å²) >= 11 is 1.61. The number of fused-ring (bicyclic) bond motifs is 1. The first-order valence-corrected chi connectivity index (χ1v) is 14.2. The van der Waals surface area contributed by atoms with Crippen molar-refractivity contribution in [2.75, 3.05) is 38.8 Å². The molecule has 202 valence electrons. The Balaban J connectivity index is 1.54. The lowest BCUT2D eigenvalue weighted by atomic mass is 10.0. The second-order valence-electron chi connectivity index (χ2n) is 9.48. The lowest BCUT2D eigenvalue weighted by molar-refractivity contribution is -0.145.